The molecule has 4 rings (SSSR count). The predicted molar refractivity (Wildman–Crippen MR) is 108 cm³/mol. The number of imidazole rings is 1. The zero-order valence-corrected chi connectivity index (χ0v) is 16.8. The van der Waals surface area contributed by atoms with Crippen LogP contribution in [-0.4, -0.2) is 65.1 Å². The average molecular weight is 370 g/mol. The highest BCUT2D eigenvalue weighted by atomic mass is 15.3. The number of unbranched alkanes of at least 4 members (excludes halogenated alkanes) is 1. The molecule has 7 nitrogen and oxygen atoms in total. The van der Waals surface area contributed by atoms with E-state index in [1.807, 2.05) is 25.3 Å². The Morgan fingerprint density at radius 1 is 1.15 bits per heavy atom. The number of rotatable bonds is 5. The third kappa shape index (κ3) is 3.29. The van der Waals surface area contributed by atoms with E-state index in [1.165, 1.54) is 30.8 Å². The first-order valence-electron chi connectivity index (χ1n) is 10.2. The van der Waals surface area contributed by atoms with Gasteiger partial charge in [0.15, 0.2) is 0 Å². The van der Waals surface area contributed by atoms with Crippen molar-refractivity contribution in [3.05, 3.63) is 30.1 Å². The Morgan fingerprint density at radius 3 is 2.70 bits per heavy atom. The molecule has 0 bridgehead atoms. The summed E-state index contributed by atoms with van der Waals surface area (Å²) in [6, 6.07) is 2.09. The molecule has 1 fully saturated rings. The zero-order chi connectivity index (χ0) is 18.9. The number of hydrogen-bond acceptors (Lipinski definition) is 6. The van der Waals surface area contributed by atoms with Crippen LogP contribution in [0.15, 0.2) is 18.7 Å². The Balaban J connectivity index is 1.56. The average Bonchev–Trinajstić information content (AvgIpc) is 3.18. The maximum atomic E-state index is 4.78. The zero-order valence-electron chi connectivity index (χ0n) is 16.8. The molecule has 0 atom stereocenters. The maximum Gasteiger partial charge on any atom is 0.134 e. The van der Waals surface area contributed by atoms with Crippen LogP contribution >= 0.6 is 0 Å². The van der Waals surface area contributed by atoms with E-state index in [9.17, 15) is 0 Å². The van der Waals surface area contributed by atoms with Crippen LogP contribution < -0.4 is 9.80 Å². The molecule has 0 aromatic carbocycles. The van der Waals surface area contributed by atoms with Gasteiger partial charge in [0.05, 0.1) is 17.6 Å². The lowest BCUT2D eigenvalue weighted by Gasteiger charge is -2.51. The van der Waals surface area contributed by atoms with Gasteiger partial charge in [-0.05, 0) is 25.8 Å². The number of hydrogen-bond donors (Lipinski definition) is 1. The molecule has 1 spiro atoms. The highest BCUT2D eigenvalue weighted by Gasteiger charge is 2.46. The van der Waals surface area contributed by atoms with Crippen LogP contribution in [-0.2, 0) is 12.0 Å². The smallest absolute Gasteiger partial charge is 0.134 e. The molecular weight excluding hydrogens is 338 g/mol. The van der Waals surface area contributed by atoms with Gasteiger partial charge in [-0.1, -0.05) is 13.3 Å². The first-order valence-corrected chi connectivity index (χ1v) is 10.2. The van der Waals surface area contributed by atoms with Crippen LogP contribution in [0.3, 0.4) is 0 Å². The summed E-state index contributed by atoms with van der Waals surface area (Å²) in [7, 11) is 4.04. The minimum absolute atomic E-state index is 0.0800. The second kappa shape index (κ2) is 7.46. The molecule has 0 unspecified atom stereocenters. The summed E-state index contributed by atoms with van der Waals surface area (Å²) >= 11 is 0. The highest BCUT2D eigenvalue weighted by molar-refractivity contribution is 5.50. The van der Waals surface area contributed by atoms with Crippen molar-refractivity contribution in [2.75, 3.05) is 50.1 Å². The Labute approximate surface area is 161 Å². The number of H-pyrrole nitrogens is 1. The van der Waals surface area contributed by atoms with E-state index in [-0.39, 0.29) is 5.54 Å². The molecule has 146 valence electrons. The largest absolute Gasteiger partial charge is 0.363 e. The molecule has 0 radical (unpaired) electrons. The van der Waals surface area contributed by atoms with Gasteiger partial charge in [-0.15, -0.1) is 0 Å². The molecule has 2 aliphatic rings. The van der Waals surface area contributed by atoms with E-state index in [4.69, 9.17) is 4.98 Å². The molecule has 2 aromatic heterocycles. The van der Waals surface area contributed by atoms with Crippen LogP contribution in [0.4, 0.5) is 11.6 Å². The minimum Gasteiger partial charge on any atom is -0.363 e. The normalized spacial score (nSPS) is 19.3. The fourth-order valence-electron chi connectivity index (χ4n) is 4.61. The van der Waals surface area contributed by atoms with Gasteiger partial charge in [-0.25, -0.2) is 15.0 Å². The van der Waals surface area contributed by atoms with Crippen LogP contribution in [0, 0.1) is 0 Å². The van der Waals surface area contributed by atoms with E-state index >= 15 is 0 Å². The van der Waals surface area contributed by atoms with E-state index in [2.05, 4.69) is 37.7 Å². The number of nitrogens with one attached hydrogen (secondary N) is 1. The molecular formula is C20H31N7. The fourth-order valence-corrected chi connectivity index (χ4v) is 4.61. The maximum absolute atomic E-state index is 4.78. The summed E-state index contributed by atoms with van der Waals surface area (Å²) in [5, 5.41) is 0. The number of anilines is 2. The molecule has 2 aliphatic heterocycles. The van der Waals surface area contributed by atoms with Crippen molar-refractivity contribution in [3.8, 4) is 0 Å². The van der Waals surface area contributed by atoms with E-state index in [0.717, 1.165) is 50.5 Å². The summed E-state index contributed by atoms with van der Waals surface area (Å²) in [6.07, 6.45) is 9.32. The predicted octanol–water partition coefficient (Wildman–Crippen LogP) is 2.42. The van der Waals surface area contributed by atoms with E-state index in [0.29, 0.717) is 0 Å². The van der Waals surface area contributed by atoms with E-state index < -0.39 is 0 Å². The van der Waals surface area contributed by atoms with Crippen LogP contribution in [0.5, 0.6) is 0 Å². The van der Waals surface area contributed by atoms with Gasteiger partial charge >= 0.3 is 0 Å². The number of aromatic nitrogens is 4. The summed E-state index contributed by atoms with van der Waals surface area (Å²) in [6.45, 7) is 6.57. The van der Waals surface area contributed by atoms with Crippen molar-refractivity contribution < 1.29 is 0 Å². The first kappa shape index (κ1) is 18.2. The van der Waals surface area contributed by atoms with Gasteiger partial charge in [-0.2, -0.15) is 0 Å². The molecule has 0 amide bonds. The van der Waals surface area contributed by atoms with Gasteiger partial charge in [0.1, 0.15) is 18.0 Å². The second-order valence-corrected chi connectivity index (χ2v) is 7.97. The van der Waals surface area contributed by atoms with Crippen LogP contribution in [0.25, 0.3) is 0 Å². The number of nitrogens with zero attached hydrogens (tertiary/aromatic N) is 6. The lowest BCUT2D eigenvalue weighted by atomic mass is 9.78. The monoisotopic (exact) mass is 369 g/mol. The Hall–Kier alpha value is -2.15. The van der Waals surface area contributed by atoms with Crippen molar-refractivity contribution in [2.24, 2.45) is 0 Å². The quantitative estimate of drug-likeness (QED) is 0.873. The Morgan fingerprint density at radius 2 is 1.96 bits per heavy atom. The van der Waals surface area contributed by atoms with Gasteiger partial charge in [0, 0.05) is 51.9 Å². The van der Waals surface area contributed by atoms with Crippen LogP contribution in [0.1, 0.15) is 44.0 Å². The fraction of sp³-hybridized carbons (Fsp3) is 0.650. The van der Waals surface area contributed by atoms with Gasteiger partial charge < -0.3 is 14.8 Å². The Kier molecular flexibility index (Phi) is 5.04. The molecule has 27 heavy (non-hydrogen) atoms. The number of aromatic amines is 1. The van der Waals surface area contributed by atoms with Gasteiger partial charge in [0.25, 0.3) is 0 Å². The van der Waals surface area contributed by atoms with Crippen molar-refractivity contribution >= 4 is 11.6 Å². The molecule has 0 aliphatic carbocycles. The summed E-state index contributed by atoms with van der Waals surface area (Å²) < 4.78 is 0. The van der Waals surface area contributed by atoms with Gasteiger partial charge in [0.2, 0.25) is 0 Å². The molecule has 1 N–H and O–H groups in total. The summed E-state index contributed by atoms with van der Waals surface area (Å²) in [5.41, 5.74) is 2.71. The Bertz CT molecular complexity index is 761. The van der Waals surface area contributed by atoms with Crippen molar-refractivity contribution in [3.63, 3.8) is 0 Å². The summed E-state index contributed by atoms with van der Waals surface area (Å²) in [5.74, 6) is 1.99. The topological polar surface area (TPSA) is 64.2 Å². The molecule has 1 saturated heterocycles. The molecule has 2 aromatic rings. The van der Waals surface area contributed by atoms with Crippen molar-refractivity contribution in [2.45, 2.75) is 44.6 Å². The number of fused-ring (bicyclic) bond motifs is 2. The number of piperidine rings is 1. The van der Waals surface area contributed by atoms with Crippen molar-refractivity contribution in [1.29, 1.82) is 0 Å². The third-order valence-electron chi connectivity index (χ3n) is 6.19. The minimum atomic E-state index is 0.0800. The molecule has 4 heterocycles. The van der Waals surface area contributed by atoms with Crippen LogP contribution in [0.2, 0.25) is 0 Å². The SMILES string of the molecule is CCCCN1CCc2[nH]cnc2C12CCN(c1cc(N(C)C)ncn1)CC2. The molecule has 7 heteroatoms. The standard InChI is InChI=1S/C20H31N7/c1-4-5-9-27-10-6-16-19(24-14-21-16)20(27)7-11-26(12-8-20)18-13-17(25(2)3)22-15-23-18/h13-15H,4-12H2,1-3H3,(H,21,24). The van der Waals surface area contributed by atoms with Gasteiger partial charge in [-0.3, -0.25) is 4.90 Å². The lowest BCUT2D eigenvalue weighted by Crippen LogP contribution is -2.56. The summed E-state index contributed by atoms with van der Waals surface area (Å²) in [4.78, 5) is 24.2. The third-order valence-corrected chi connectivity index (χ3v) is 6.19. The highest BCUT2D eigenvalue weighted by Crippen LogP contribution is 2.42. The first-order chi connectivity index (χ1) is 13.1. The lowest BCUT2D eigenvalue weighted by molar-refractivity contribution is 0.0431. The van der Waals surface area contributed by atoms with E-state index in [1.54, 1.807) is 6.33 Å². The second-order valence-electron chi connectivity index (χ2n) is 7.97. The van der Waals surface area contributed by atoms with Crippen molar-refractivity contribution in [1.82, 2.24) is 24.8 Å². The molecule has 0 saturated carbocycles.